The predicted octanol–water partition coefficient (Wildman–Crippen LogP) is 4.50. The molecule has 0 atom stereocenters. The van der Waals surface area contributed by atoms with Crippen molar-refractivity contribution in [1.82, 2.24) is 14.1 Å². The zero-order valence-electron chi connectivity index (χ0n) is 22.3. The number of carbonyl (C=O) groups is 1. The lowest BCUT2D eigenvalue weighted by atomic mass is 10.1. The summed E-state index contributed by atoms with van der Waals surface area (Å²) < 4.78 is 33.6. The molecule has 1 amide bonds. The zero-order chi connectivity index (χ0) is 27.0. The number of sulfonamides is 1. The van der Waals surface area contributed by atoms with Crippen LogP contribution in [0.4, 0.5) is 0 Å². The first-order valence-corrected chi connectivity index (χ1v) is 14.6. The highest BCUT2D eigenvalue weighted by molar-refractivity contribution is 7.89. The largest absolute Gasteiger partial charge is 0.496 e. The lowest BCUT2D eigenvalue weighted by Crippen LogP contribution is -2.50. The minimum atomic E-state index is -3.55. The molecule has 3 aromatic rings. The lowest BCUT2D eigenvalue weighted by Gasteiger charge is -2.35. The highest BCUT2D eigenvalue weighted by Crippen LogP contribution is 2.23. The summed E-state index contributed by atoms with van der Waals surface area (Å²) in [4.78, 5) is 17.2. The molecule has 1 fully saturated rings. The van der Waals surface area contributed by atoms with E-state index in [1.165, 1.54) is 0 Å². The van der Waals surface area contributed by atoms with Crippen LogP contribution in [0.15, 0.2) is 77.7 Å². The van der Waals surface area contributed by atoms with Gasteiger partial charge in [-0.3, -0.25) is 9.69 Å². The molecule has 1 aliphatic heterocycles. The van der Waals surface area contributed by atoms with Gasteiger partial charge in [0.05, 0.1) is 12.0 Å². The Morgan fingerprint density at radius 2 is 1.68 bits per heavy atom. The number of hydrogen-bond donors (Lipinski definition) is 0. The smallest absolute Gasteiger partial charge is 0.243 e. The summed E-state index contributed by atoms with van der Waals surface area (Å²) in [7, 11) is -1.90. The van der Waals surface area contributed by atoms with Crippen LogP contribution in [-0.4, -0.2) is 81.4 Å². The number of carbonyl (C=O) groups excluding carboxylic acids is 1. The summed E-state index contributed by atoms with van der Waals surface area (Å²) in [5.41, 5.74) is 0.974. The number of hydrogen-bond acceptors (Lipinski definition) is 5. The molecule has 7 nitrogen and oxygen atoms in total. The molecule has 0 radical (unpaired) electrons. The van der Waals surface area contributed by atoms with Crippen LogP contribution in [0.3, 0.4) is 0 Å². The number of ether oxygens (including phenoxy) is 1. The van der Waals surface area contributed by atoms with Crippen molar-refractivity contribution < 1.29 is 17.9 Å². The van der Waals surface area contributed by atoms with Crippen molar-refractivity contribution >= 4 is 32.8 Å². The van der Waals surface area contributed by atoms with Gasteiger partial charge in [0.2, 0.25) is 15.9 Å². The van der Waals surface area contributed by atoms with Gasteiger partial charge in [0.1, 0.15) is 5.75 Å². The molecular formula is C30H37N3O4S. The van der Waals surface area contributed by atoms with E-state index in [2.05, 4.69) is 4.90 Å². The maximum Gasteiger partial charge on any atom is 0.243 e. The summed E-state index contributed by atoms with van der Waals surface area (Å²) >= 11 is 0. The monoisotopic (exact) mass is 535 g/mol. The molecule has 0 aliphatic carbocycles. The number of piperazine rings is 1. The van der Waals surface area contributed by atoms with E-state index in [1.807, 2.05) is 78.6 Å². The summed E-state index contributed by atoms with van der Waals surface area (Å²) in [5.74, 6) is 0.932. The molecule has 3 aromatic carbocycles. The van der Waals surface area contributed by atoms with Gasteiger partial charge >= 0.3 is 0 Å². The number of rotatable bonds is 11. The first-order valence-electron chi connectivity index (χ1n) is 13.2. The molecule has 0 aromatic heterocycles. The Balaban J connectivity index is 1.33. The second kappa shape index (κ2) is 13.0. The first-order chi connectivity index (χ1) is 18.4. The molecule has 8 heteroatoms. The average molecular weight is 536 g/mol. The summed E-state index contributed by atoms with van der Waals surface area (Å²) in [6.07, 6.45) is 5.30. The minimum absolute atomic E-state index is 0.134. The topological polar surface area (TPSA) is 70.2 Å². The maximum absolute atomic E-state index is 13.3. The Kier molecular flexibility index (Phi) is 9.55. The van der Waals surface area contributed by atoms with Crippen molar-refractivity contribution in [2.45, 2.75) is 24.7 Å². The number of para-hydroxylation sites is 1. The van der Waals surface area contributed by atoms with Crippen molar-refractivity contribution in [3.05, 3.63) is 78.4 Å². The molecule has 38 heavy (non-hydrogen) atoms. The van der Waals surface area contributed by atoms with E-state index >= 15 is 0 Å². The SMILES string of the molecule is CCCC(=O)N(C/C=C/c1ccccc1OC)CCN1CCN(S(=O)(=O)c2ccc3ccccc3c2)CC1. The molecule has 1 saturated heterocycles. The second-order valence-corrected chi connectivity index (χ2v) is 11.4. The van der Waals surface area contributed by atoms with Crippen molar-refractivity contribution in [2.24, 2.45) is 0 Å². The quantitative estimate of drug-likeness (QED) is 0.362. The second-order valence-electron chi connectivity index (χ2n) is 9.49. The highest BCUT2D eigenvalue weighted by Gasteiger charge is 2.28. The van der Waals surface area contributed by atoms with Gasteiger partial charge in [-0.15, -0.1) is 0 Å². The van der Waals surface area contributed by atoms with E-state index in [4.69, 9.17) is 4.74 Å². The van der Waals surface area contributed by atoms with Crippen LogP contribution in [0.5, 0.6) is 5.75 Å². The van der Waals surface area contributed by atoms with Crippen molar-refractivity contribution in [2.75, 3.05) is 52.9 Å². The van der Waals surface area contributed by atoms with Gasteiger partial charge in [0, 0.05) is 57.8 Å². The van der Waals surface area contributed by atoms with E-state index in [0.717, 1.165) is 28.5 Å². The van der Waals surface area contributed by atoms with Crippen molar-refractivity contribution in [3.63, 3.8) is 0 Å². The van der Waals surface area contributed by atoms with Gasteiger partial charge in [-0.25, -0.2) is 8.42 Å². The molecule has 0 spiro atoms. The van der Waals surface area contributed by atoms with Crippen LogP contribution >= 0.6 is 0 Å². The molecule has 0 N–H and O–H groups in total. The number of nitrogens with zero attached hydrogens (tertiary/aromatic N) is 3. The summed E-state index contributed by atoms with van der Waals surface area (Å²) in [5, 5.41) is 1.94. The van der Waals surface area contributed by atoms with Gasteiger partial charge in [-0.1, -0.05) is 67.6 Å². The van der Waals surface area contributed by atoms with Crippen molar-refractivity contribution in [1.29, 1.82) is 0 Å². The third kappa shape index (κ3) is 6.81. The average Bonchev–Trinajstić information content (AvgIpc) is 2.95. The van der Waals surface area contributed by atoms with Gasteiger partial charge in [-0.2, -0.15) is 4.31 Å². The van der Waals surface area contributed by atoms with Crippen LogP contribution in [0, 0.1) is 0 Å². The Morgan fingerprint density at radius 3 is 2.42 bits per heavy atom. The highest BCUT2D eigenvalue weighted by atomic mass is 32.2. The minimum Gasteiger partial charge on any atom is -0.496 e. The number of benzene rings is 3. The van der Waals surface area contributed by atoms with E-state index in [0.29, 0.717) is 57.1 Å². The Labute approximate surface area is 226 Å². The molecule has 0 bridgehead atoms. The third-order valence-electron chi connectivity index (χ3n) is 6.95. The van der Waals surface area contributed by atoms with E-state index in [-0.39, 0.29) is 5.91 Å². The zero-order valence-corrected chi connectivity index (χ0v) is 23.1. The van der Waals surface area contributed by atoms with Crippen LogP contribution in [0.25, 0.3) is 16.8 Å². The molecule has 202 valence electrons. The van der Waals surface area contributed by atoms with Crippen molar-refractivity contribution in [3.8, 4) is 5.75 Å². The fourth-order valence-electron chi connectivity index (χ4n) is 4.73. The number of amides is 1. The summed E-state index contributed by atoms with van der Waals surface area (Å²) in [6.45, 7) is 5.99. The normalized spacial score (nSPS) is 15.2. The lowest BCUT2D eigenvalue weighted by molar-refractivity contribution is -0.130. The Hall–Kier alpha value is -3.20. The number of fused-ring (bicyclic) bond motifs is 1. The van der Waals surface area contributed by atoms with E-state index < -0.39 is 10.0 Å². The molecule has 1 heterocycles. The standard InChI is InChI=1S/C30H37N3O4S/c1-3-9-30(34)32(17-8-13-26-11-6-7-14-29(26)37-2)21-18-31-19-22-33(23-20-31)38(35,36)28-16-15-25-10-4-5-12-27(25)24-28/h4-8,10-16,24H,3,9,17-23H2,1-2H3/b13-8+. The van der Waals surface area contributed by atoms with Gasteiger partial charge in [0.15, 0.2) is 0 Å². The molecule has 0 saturated carbocycles. The fourth-order valence-corrected chi connectivity index (χ4v) is 6.19. The van der Waals surface area contributed by atoms with Gasteiger partial charge in [0.25, 0.3) is 0 Å². The van der Waals surface area contributed by atoms with E-state index in [1.54, 1.807) is 23.5 Å². The van der Waals surface area contributed by atoms with Gasteiger partial charge < -0.3 is 9.64 Å². The van der Waals surface area contributed by atoms with Crippen LogP contribution in [0.2, 0.25) is 0 Å². The molecule has 0 unspecified atom stereocenters. The number of methoxy groups -OCH3 is 1. The predicted molar refractivity (Wildman–Crippen MR) is 153 cm³/mol. The van der Waals surface area contributed by atoms with Crippen LogP contribution in [-0.2, 0) is 14.8 Å². The Bertz CT molecular complexity index is 1360. The third-order valence-corrected chi connectivity index (χ3v) is 8.85. The van der Waals surface area contributed by atoms with Gasteiger partial charge in [-0.05, 0) is 35.4 Å². The molecular weight excluding hydrogens is 498 g/mol. The fraction of sp³-hybridized carbons (Fsp3) is 0.367. The van der Waals surface area contributed by atoms with Crippen LogP contribution < -0.4 is 4.74 Å². The Morgan fingerprint density at radius 1 is 0.974 bits per heavy atom. The molecule has 1 aliphatic rings. The van der Waals surface area contributed by atoms with Crippen LogP contribution in [0.1, 0.15) is 25.3 Å². The summed E-state index contributed by atoms with van der Waals surface area (Å²) in [6, 6.07) is 20.9. The first kappa shape index (κ1) is 27.8. The van der Waals surface area contributed by atoms with E-state index in [9.17, 15) is 13.2 Å². The maximum atomic E-state index is 13.3. The molecule has 4 rings (SSSR count).